The van der Waals surface area contributed by atoms with Gasteiger partial charge in [-0.3, -0.25) is 0 Å². The van der Waals surface area contributed by atoms with Gasteiger partial charge in [-0.2, -0.15) is 0 Å². The molecule has 0 aromatic heterocycles. The lowest BCUT2D eigenvalue weighted by Gasteiger charge is -2.12. The van der Waals surface area contributed by atoms with Gasteiger partial charge in [-0.25, -0.2) is 13.2 Å². The van der Waals surface area contributed by atoms with Gasteiger partial charge in [0, 0.05) is 6.42 Å². The van der Waals surface area contributed by atoms with Gasteiger partial charge in [0.15, 0.2) is 17.5 Å². The lowest BCUT2D eigenvalue weighted by atomic mass is 10.0. The van der Waals surface area contributed by atoms with Gasteiger partial charge < -0.3 is 5.11 Å². The summed E-state index contributed by atoms with van der Waals surface area (Å²) in [7, 11) is 0. The Balaban J connectivity index is 2.20. The fraction of sp³-hybridized carbons (Fsp3) is 0.200. The summed E-state index contributed by atoms with van der Waals surface area (Å²) in [4.78, 5) is 0. The van der Waals surface area contributed by atoms with Crippen molar-refractivity contribution in [3.8, 4) is 0 Å². The van der Waals surface area contributed by atoms with Crippen LogP contribution in [0.4, 0.5) is 13.2 Å². The number of benzene rings is 2. The summed E-state index contributed by atoms with van der Waals surface area (Å²) < 4.78 is 38.9. The fourth-order valence-electron chi connectivity index (χ4n) is 1.83. The first-order valence-electron chi connectivity index (χ1n) is 5.85. The Morgan fingerprint density at radius 1 is 1.00 bits per heavy atom. The number of hydrogen-bond donors (Lipinski definition) is 1. The van der Waals surface area contributed by atoms with E-state index in [4.69, 9.17) is 0 Å². The van der Waals surface area contributed by atoms with Crippen LogP contribution in [0.2, 0.25) is 0 Å². The molecule has 0 aliphatic carbocycles. The quantitative estimate of drug-likeness (QED) is 0.840. The highest BCUT2D eigenvalue weighted by atomic mass is 19.2. The van der Waals surface area contributed by atoms with Crippen LogP contribution in [0.25, 0.3) is 0 Å². The zero-order valence-corrected chi connectivity index (χ0v) is 10.3. The Bertz CT molecular complexity index is 555. The second-order valence-electron chi connectivity index (χ2n) is 4.50. The SMILES string of the molecule is Cc1ccc(CC(O)c2cc(F)c(F)c(F)c2)cc1. The first kappa shape index (κ1) is 13.6. The predicted molar refractivity (Wildman–Crippen MR) is 66.2 cm³/mol. The number of aliphatic hydroxyl groups is 1. The maximum Gasteiger partial charge on any atom is 0.194 e. The van der Waals surface area contributed by atoms with Crippen molar-refractivity contribution in [1.82, 2.24) is 0 Å². The van der Waals surface area contributed by atoms with E-state index in [0.29, 0.717) is 0 Å². The second-order valence-corrected chi connectivity index (χ2v) is 4.50. The number of aliphatic hydroxyl groups excluding tert-OH is 1. The average molecular weight is 266 g/mol. The van der Waals surface area contributed by atoms with E-state index in [1.165, 1.54) is 0 Å². The molecular weight excluding hydrogens is 253 g/mol. The third-order valence-corrected chi connectivity index (χ3v) is 2.94. The zero-order valence-electron chi connectivity index (χ0n) is 10.3. The molecule has 0 radical (unpaired) electrons. The molecule has 2 rings (SSSR count). The molecule has 1 N–H and O–H groups in total. The van der Waals surface area contributed by atoms with E-state index in [0.717, 1.165) is 23.3 Å². The van der Waals surface area contributed by atoms with Crippen molar-refractivity contribution in [2.75, 3.05) is 0 Å². The molecule has 0 fully saturated rings. The lowest BCUT2D eigenvalue weighted by molar-refractivity contribution is 0.177. The second kappa shape index (κ2) is 5.45. The van der Waals surface area contributed by atoms with Crippen LogP contribution < -0.4 is 0 Å². The van der Waals surface area contributed by atoms with Crippen molar-refractivity contribution in [2.24, 2.45) is 0 Å². The number of aryl methyl sites for hydroxylation is 1. The first-order valence-corrected chi connectivity index (χ1v) is 5.85. The first-order chi connectivity index (χ1) is 8.97. The Kier molecular flexibility index (Phi) is 3.90. The van der Waals surface area contributed by atoms with E-state index in [2.05, 4.69) is 0 Å². The molecule has 1 unspecified atom stereocenters. The Hall–Kier alpha value is -1.81. The Morgan fingerprint density at radius 3 is 2.05 bits per heavy atom. The van der Waals surface area contributed by atoms with E-state index in [1.807, 2.05) is 31.2 Å². The molecule has 0 saturated heterocycles. The van der Waals surface area contributed by atoms with E-state index >= 15 is 0 Å². The van der Waals surface area contributed by atoms with E-state index in [9.17, 15) is 18.3 Å². The summed E-state index contributed by atoms with van der Waals surface area (Å²) in [5.41, 5.74) is 1.94. The molecule has 100 valence electrons. The molecule has 0 aliphatic rings. The lowest BCUT2D eigenvalue weighted by Crippen LogP contribution is -2.04. The summed E-state index contributed by atoms with van der Waals surface area (Å²) in [6.45, 7) is 1.94. The van der Waals surface area contributed by atoms with Gasteiger partial charge in [0.2, 0.25) is 0 Å². The number of halogens is 3. The number of hydrogen-bond acceptors (Lipinski definition) is 1. The molecule has 2 aromatic rings. The van der Waals surface area contributed by atoms with Crippen molar-refractivity contribution >= 4 is 0 Å². The summed E-state index contributed by atoms with van der Waals surface area (Å²) >= 11 is 0. The monoisotopic (exact) mass is 266 g/mol. The van der Waals surface area contributed by atoms with Crippen molar-refractivity contribution in [3.63, 3.8) is 0 Å². The standard InChI is InChI=1S/C15H13F3O/c1-9-2-4-10(5-3-9)6-14(19)11-7-12(16)15(18)13(17)8-11/h2-5,7-8,14,19H,6H2,1H3. The van der Waals surface area contributed by atoms with Crippen LogP contribution in [0, 0.1) is 24.4 Å². The minimum Gasteiger partial charge on any atom is -0.388 e. The molecule has 0 heterocycles. The van der Waals surface area contributed by atoms with Gasteiger partial charge >= 0.3 is 0 Å². The van der Waals surface area contributed by atoms with Crippen LogP contribution in [0.3, 0.4) is 0 Å². The van der Waals surface area contributed by atoms with Crippen molar-refractivity contribution in [3.05, 3.63) is 70.5 Å². The maximum atomic E-state index is 13.1. The summed E-state index contributed by atoms with van der Waals surface area (Å²) in [6, 6.07) is 9.06. The normalized spacial score (nSPS) is 12.5. The highest BCUT2D eigenvalue weighted by Gasteiger charge is 2.15. The van der Waals surface area contributed by atoms with Gasteiger partial charge in [0.1, 0.15) is 0 Å². The molecule has 0 aliphatic heterocycles. The van der Waals surface area contributed by atoms with E-state index in [-0.39, 0.29) is 12.0 Å². The van der Waals surface area contributed by atoms with Crippen LogP contribution in [0.1, 0.15) is 22.8 Å². The average Bonchev–Trinajstić information content (AvgIpc) is 2.38. The summed E-state index contributed by atoms with van der Waals surface area (Å²) in [5, 5.41) is 9.93. The molecule has 4 heteroatoms. The van der Waals surface area contributed by atoms with Crippen LogP contribution in [0.5, 0.6) is 0 Å². The van der Waals surface area contributed by atoms with Gasteiger partial charge in [-0.1, -0.05) is 29.8 Å². The summed E-state index contributed by atoms with van der Waals surface area (Å²) in [5.74, 6) is -4.11. The van der Waals surface area contributed by atoms with Crippen molar-refractivity contribution in [2.45, 2.75) is 19.4 Å². The molecule has 0 amide bonds. The third kappa shape index (κ3) is 3.15. The maximum absolute atomic E-state index is 13.1. The Labute approximate surface area is 109 Å². The molecule has 0 spiro atoms. The number of rotatable bonds is 3. The van der Waals surface area contributed by atoms with Crippen LogP contribution >= 0.6 is 0 Å². The third-order valence-electron chi connectivity index (χ3n) is 2.94. The molecule has 0 saturated carbocycles. The minimum absolute atomic E-state index is 0.0250. The summed E-state index contributed by atoms with van der Waals surface area (Å²) in [6.07, 6.45) is -0.863. The van der Waals surface area contributed by atoms with Crippen LogP contribution in [-0.4, -0.2) is 5.11 Å². The topological polar surface area (TPSA) is 20.2 Å². The molecule has 1 nitrogen and oxygen atoms in total. The van der Waals surface area contributed by atoms with Gasteiger partial charge in [0.05, 0.1) is 6.10 Å². The minimum atomic E-state index is -1.52. The molecule has 1 atom stereocenters. The van der Waals surface area contributed by atoms with Gasteiger partial charge in [0.25, 0.3) is 0 Å². The van der Waals surface area contributed by atoms with E-state index in [1.54, 1.807) is 0 Å². The molecular formula is C15H13F3O. The predicted octanol–water partition coefficient (Wildman–Crippen LogP) is 3.69. The zero-order chi connectivity index (χ0) is 14.0. The largest absolute Gasteiger partial charge is 0.388 e. The van der Waals surface area contributed by atoms with Crippen molar-refractivity contribution < 1.29 is 18.3 Å². The molecule has 2 aromatic carbocycles. The van der Waals surface area contributed by atoms with Crippen LogP contribution in [0.15, 0.2) is 36.4 Å². The van der Waals surface area contributed by atoms with Gasteiger partial charge in [-0.05, 0) is 30.2 Å². The van der Waals surface area contributed by atoms with E-state index < -0.39 is 23.6 Å². The fourth-order valence-corrected chi connectivity index (χ4v) is 1.83. The molecule has 19 heavy (non-hydrogen) atoms. The van der Waals surface area contributed by atoms with Crippen LogP contribution in [-0.2, 0) is 6.42 Å². The molecule has 0 bridgehead atoms. The highest BCUT2D eigenvalue weighted by Crippen LogP contribution is 2.22. The van der Waals surface area contributed by atoms with Crippen molar-refractivity contribution in [1.29, 1.82) is 0 Å². The Morgan fingerprint density at radius 2 is 1.53 bits per heavy atom. The van der Waals surface area contributed by atoms with Gasteiger partial charge in [-0.15, -0.1) is 0 Å². The highest BCUT2D eigenvalue weighted by molar-refractivity contribution is 5.26. The smallest absolute Gasteiger partial charge is 0.194 e.